The predicted molar refractivity (Wildman–Crippen MR) is 179 cm³/mol. The number of ether oxygens (including phenoxy) is 1. The van der Waals surface area contributed by atoms with Crippen molar-refractivity contribution in [2.75, 3.05) is 23.3 Å². The van der Waals surface area contributed by atoms with E-state index in [9.17, 15) is 19.5 Å². The summed E-state index contributed by atoms with van der Waals surface area (Å²) in [6, 6.07) is 14.8. The zero-order valence-electron chi connectivity index (χ0n) is 27.9. The minimum absolute atomic E-state index is 0.0109. The molecule has 6 rings (SSSR count). The van der Waals surface area contributed by atoms with Gasteiger partial charge in [-0.2, -0.15) is 10.2 Å². The summed E-state index contributed by atoms with van der Waals surface area (Å²) >= 11 is 0. The minimum atomic E-state index is -0.562. The molecular formula is C35H41N7O5. The fourth-order valence-corrected chi connectivity index (χ4v) is 5.89. The molecule has 4 aromatic rings. The van der Waals surface area contributed by atoms with Gasteiger partial charge in [-0.15, -0.1) is 0 Å². The van der Waals surface area contributed by atoms with Gasteiger partial charge in [0.2, 0.25) is 0 Å². The molecule has 0 unspecified atom stereocenters. The van der Waals surface area contributed by atoms with Crippen LogP contribution in [0.15, 0.2) is 59.5 Å². The Morgan fingerprint density at radius 2 is 1.74 bits per heavy atom. The Hall–Kier alpha value is -4.97. The summed E-state index contributed by atoms with van der Waals surface area (Å²) in [5.74, 6) is 0.334. The number of hydrogen-bond acceptors (Lipinski definition) is 8. The van der Waals surface area contributed by atoms with Crippen molar-refractivity contribution in [2.45, 2.75) is 71.8 Å². The molecule has 2 amide bonds. The molecule has 0 atom stereocenters. The summed E-state index contributed by atoms with van der Waals surface area (Å²) in [5.41, 5.74) is 4.20. The summed E-state index contributed by atoms with van der Waals surface area (Å²) in [6.07, 6.45) is 1.45. The summed E-state index contributed by atoms with van der Waals surface area (Å²) in [5, 5.41) is 22.8. The summed E-state index contributed by atoms with van der Waals surface area (Å²) in [7, 11) is 1.56. The van der Waals surface area contributed by atoms with Gasteiger partial charge < -0.3 is 25.0 Å². The highest BCUT2D eigenvalue weighted by Crippen LogP contribution is 2.37. The largest absolute Gasteiger partial charge is 0.444 e. The molecular weight excluding hydrogens is 598 g/mol. The first-order valence-electron chi connectivity index (χ1n) is 15.7. The number of aryl methyl sites for hydroxylation is 1. The van der Waals surface area contributed by atoms with Crippen molar-refractivity contribution >= 4 is 29.2 Å². The average molecular weight is 640 g/mol. The Balaban J connectivity index is 1.24. The highest BCUT2D eigenvalue weighted by Gasteiger charge is 2.35. The van der Waals surface area contributed by atoms with E-state index >= 15 is 0 Å². The second-order valence-corrected chi connectivity index (χ2v) is 14.2. The number of likely N-dealkylation sites (tertiary alicyclic amines) is 1. The van der Waals surface area contributed by atoms with E-state index in [1.165, 1.54) is 4.68 Å². The van der Waals surface area contributed by atoms with Crippen molar-refractivity contribution in [3.05, 3.63) is 87.3 Å². The lowest BCUT2D eigenvalue weighted by Crippen LogP contribution is -2.52. The number of hydrogen-bond donors (Lipinski definition) is 2. The number of nitrogens with zero attached hydrogens (tertiary/aromatic N) is 6. The molecule has 2 aromatic heterocycles. The molecule has 2 aromatic carbocycles. The van der Waals surface area contributed by atoms with Crippen LogP contribution in [0.25, 0.3) is 11.3 Å². The standard InChI is InChI=1S/C35H41N7O5/c1-34(2,3)22-11-12-24-21(15-22)17-41(31(24)44)29-10-8-9-25(26(29)20-43)27-16-28(32(45)39(7)37-27)36-30-13-14-42(38-30)23-18-40(19-23)33(46)47-35(4,5)6/h8-16,23,43H,17-20H2,1-7H3,(H,36,38). The minimum Gasteiger partial charge on any atom is -0.444 e. The highest BCUT2D eigenvalue weighted by molar-refractivity contribution is 6.10. The molecule has 0 saturated carbocycles. The molecule has 0 aliphatic carbocycles. The normalized spacial score (nSPS) is 15.1. The molecule has 0 spiro atoms. The van der Waals surface area contributed by atoms with Crippen molar-refractivity contribution < 1.29 is 19.4 Å². The van der Waals surface area contributed by atoms with Crippen molar-refractivity contribution in [1.82, 2.24) is 24.5 Å². The van der Waals surface area contributed by atoms with E-state index in [1.54, 1.807) is 39.9 Å². The van der Waals surface area contributed by atoms with Crippen LogP contribution in [-0.2, 0) is 30.4 Å². The lowest BCUT2D eigenvalue weighted by atomic mass is 9.85. The first-order valence-corrected chi connectivity index (χ1v) is 15.7. The average Bonchev–Trinajstić information content (AvgIpc) is 3.56. The van der Waals surface area contributed by atoms with Gasteiger partial charge in [0.25, 0.3) is 11.5 Å². The number of anilines is 3. The Bertz CT molecular complexity index is 1930. The number of aliphatic hydroxyl groups is 1. The summed E-state index contributed by atoms with van der Waals surface area (Å²) in [4.78, 5) is 42.3. The van der Waals surface area contributed by atoms with E-state index in [-0.39, 0.29) is 41.3 Å². The second-order valence-electron chi connectivity index (χ2n) is 14.2. The Morgan fingerprint density at radius 3 is 2.43 bits per heavy atom. The molecule has 12 nitrogen and oxygen atoms in total. The maximum Gasteiger partial charge on any atom is 0.410 e. The Kier molecular flexibility index (Phi) is 7.95. The fourth-order valence-electron chi connectivity index (χ4n) is 5.89. The second kappa shape index (κ2) is 11.7. The fraction of sp³-hybridized carbons (Fsp3) is 0.400. The maximum absolute atomic E-state index is 13.6. The van der Waals surface area contributed by atoms with Gasteiger partial charge >= 0.3 is 6.09 Å². The number of carbonyl (C=O) groups excluding carboxylic acids is 2. The van der Waals surface area contributed by atoms with Crippen LogP contribution in [0, 0.1) is 0 Å². The van der Waals surface area contributed by atoms with E-state index in [0.29, 0.717) is 53.5 Å². The number of aliphatic hydroxyl groups excluding tert-OH is 1. The summed E-state index contributed by atoms with van der Waals surface area (Å²) in [6.45, 7) is 12.9. The first kappa shape index (κ1) is 32.0. The number of benzene rings is 2. The van der Waals surface area contributed by atoms with E-state index in [0.717, 1.165) is 11.1 Å². The maximum atomic E-state index is 13.6. The van der Waals surface area contributed by atoms with Crippen molar-refractivity contribution in [1.29, 1.82) is 0 Å². The number of rotatable bonds is 6. The van der Waals surface area contributed by atoms with Gasteiger partial charge in [-0.25, -0.2) is 9.48 Å². The SMILES string of the molecule is Cn1nc(-c2cccc(N3Cc4cc(C(C)(C)C)ccc4C3=O)c2CO)cc(Nc2ccn(C3CN(C(=O)OC(C)(C)C)C3)n2)c1=O. The van der Waals surface area contributed by atoms with Crippen LogP contribution in [0.2, 0.25) is 0 Å². The zero-order chi connectivity index (χ0) is 33.8. The third kappa shape index (κ3) is 6.25. The van der Waals surface area contributed by atoms with Gasteiger partial charge in [-0.3, -0.25) is 14.3 Å². The third-order valence-electron chi connectivity index (χ3n) is 8.47. The lowest BCUT2D eigenvalue weighted by molar-refractivity contribution is -0.000358. The molecule has 47 heavy (non-hydrogen) atoms. The van der Waals surface area contributed by atoms with Crippen LogP contribution in [0.5, 0.6) is 0 Å². The van der Waals surface area contributed by atoms with Crippen molar-refractivity contribution in [3.63, 3.8) is 0 Å². The molecule has 1 saturated heterocycles. The van der Waals surface area contributed by atoms with E-state index in [4.69, 9.17) is 4.74 Å². The van der Waals surface area contributed by atoms with Crippen LogP contribution < -0.4 is 15.8 Å². The highest BCUT2D eigenvalue weighted by atomic mass is 16.6. The molecule has 2 aliphatic rings. The van der Waals surface area contributed by atoms with Gasteiger partial charge in [0.15, 0.2) is 5.82 Å². The topological polar surface area (TPSA) is 135 Å². The number of amides is 2. The lowest BCUT2D eigenvalue weighted by Gasteiger charge is -2.39. The predicted octanol–water partition coefficient (Wildman–Crippen LogP) is 5.13. The number of carbonyl (C=O) groups is 2. The molecule has 246 valence electrons. The smallest absolute Gasteiger partial charge is 0.410 e. The van der Waals surface area contributed by atoms with E-state index in [1.807, 2.05) is 51.1 Å². The van der Waals surface area contributed by atoms with E-state index < -0.39 is 5.60 Å². The number of fused-ring (bicyclic) bond motifs is 1. The Morgan fingerprint density at radius 1 is 1.00 bits per heavy atom. The van der Waals surface area contributed by atoms with Gasteiger partial charge in [0, 0.05) is 49.1 Å². The summed E-state index contributed by atoms with van der Waals surface area (Å²) < 4.78 is 8.43. The first-order chi connectivity index (χ1) is 22.1. The van der Waals surface area contributed by atoms with Gasteiger partial charge in [-0.05, 0) is 55.5 Å². The van der Waals surface area contributed by atoms with Crippen molar-refractivity contribution in [2.24, 2.45) is 7.05 Å². The molecule has 4 heterocycles. The van der Waals surface area contributed by atoms with Gasteiger partial charge in [0.1, 0.15) is 11.3 Å². The van der Waals surface area contributed by atoms with Crippen LogP contribution in [0.4, 0.5) is 22.0 Å². The zero-order valence-corrected chi connectivity index (χ0v) is 27.9. The quantitative estimate of drug-likeness (QED) is 0.297. The van der Waals surface area contributed by atoms with Gasteiger partial charge in [0.05, 0.1) is 30.6 Å². The number of aromatic nitrogens is 4. The van der Waals surface area contributed by atoms with E-state index in [2.05, 4.69) is 42.4 Å². The number of nitrogens with one attached hydrogen (secondary N) is 1. The molecule has 0 bridgehead atoms. The molecule has 2 aliphatic heterocycles. The molecule has 12 heteroatoms. The van der Waals surface area contributed by atoms with Crippen LogP contribution in [0.3, 0.4) is 0 Å². The molecule has 2 N–H and O–H groups in total. The Labute approximate surface area is 273 Å². The van der Waals surface area contributed by atoms with Crippen molar-refractivity contribution in [3.8, 4) is 11.3 Å². The van der Waals surface area contributed by atoms with Gasteiger partial charge in [-0.1, -0.05) is 45.0 Å². The van der Waals surface area contributed by atoms with Crippen LogP contribution >= 0.6 is 0 Å². The molecule has 0 radical (unpaired) electrons. The monoisotopic (exact) mass is 639 g/mol. The molecule has 1 fully saturated rings. The third-order valence-corrected chi connectivity index (χ3v) is 8.47. The van der Waals surface area contributed by atoms with Crippen LogP contribution in [-0.4, -0.2) is 60.3 Å². The van der Waals surface area contributed by atoms with Crippen LogP contribution in [0.1, 0.15) is 74.6 Å².